The standard InChI is InChI=1S/C19H23ClN2/c1-5-22(4)13-21-18-10-14(2)19(15(3)11-18)12-16-6-8-17(20)9-7-16/h6-11,13H,5,12H2,1-4H3. The third-order valence-corrected chi connectivity index (χ3v) is 4.13. The van der Waals surface area contributed by atoms with Gasteiger partial charge in [-0.1, -0.05) is 23.7 Å². The van der Waals surface area contributed by atoms with Crippen LogP contribution in [0, 0.1) is 13.8 Å². The van der Waals surface area contributed by atoms with Crippen LogP contribution in [-0.2, 0) is 6.42 Å². The summed E-state index contributed by atoms with van der Waals surface area (Å²) < 4.78 is 0. The van der Waals surface area contributed by atoms with Crippen LogP contribution in [0.4, 0.5) is 5.69 Å². The molecule has 116 valence electrons. The number of aryl methyl sites for hydroxylation is 2. The zero-order valence-corrected chi connectivity index (χ0v) is 14.5. The predicted molar refractivity (Wildman–Crippen MR) is 96.6 cm³/mol. The highest BCUT2D eigenvalue weighted by Gasteiger charge is 2.06. The first-order valence-electron chi connectivity index (χ1n) is 7.58. The molecular formula is C19H23ClN2. The summed E-state index contributed by atoms with van der Waals surface area (Å²) in [5.41, 5.74) is 6.21. The number of rotatable bonds is 5. The fraction of sp³-hybridized carbons (Fsp3) is 0.316. The molecule has 0 fully saturated rings. The average molecular weight is 315 g/mol. The van der Waals surface area contributed by atoms with Gasteiger partial charge in [-0.3, -0.25) is 0 Å². The highest BCUT2D eigenvalue weighted by atomic mass is 35.5. The van der Waals surface area contributed by atoms with E-state index in [0.29, 0.717) is 0 Å². The van der Waals surface area contributed by atoms with E-state index in [1.807, 2.05) is 25.5 Å². The molecule has 0 atom stereocenters. The lowest BCUT2D eigenvalue weighted by Crippen LogP contribution is -2.14. The van der Waals surface area contributed by atoms with Crippen molar-refractivity contribution < 1.29 is 0 Å². The van der Waals surface area contributed by atoms with E-state index < -0.39 is 0 Å². The van der Waals surface area contributed by atoms with Crippen molar-refractivity contribution >= 4 is 23.6 Å². The van der Waals surface area contributed by atoms with Crippen LogP contribution in [0.1, 0.15) is 29.2 Å². The van der Waals surface area contributed by atoms with Crippen LogP contribution in [-0.4, -0.2) is 24.8 Å². The van der Waals surface area contributed by atoms with Crippen molar-refractivity contribution in [3.8, 4) is 0 Å². The Hall–Kier alpha value is -1.80. The molecule has 0 bridgehead atoms. The summed E-state index contributed by atoms with van der Waals surface area (Å²) in [6.45, 7) is 7.37. The fourth-order valence-corrected chi connectivity index (χ4v) is 2.50. The summed E-state index contributed by atoms with van der Waals surface area (Å²) in [4.78, 5) is 6.60. The van der Waals surface area contributed by atoms with E-state index >= 15 is 0 Å². The quantitative estimate of drug-likeness (QED) is 0.550. The normalized spacial score (nSPS) is 11.1. The van der Waals surface area contributed by atoms with E-state index in [0.717, 1.165) is 23.7 Å². The van der Waals surface area contributed by atoms with Crippen molar-refractivity contribution in [2.75, 3.05) is 13.6 Å². The van der Waals surface area contributed by atoms with Crippen molar-refractivity contribution in [2.24, 2.45) is 4.99 Å². The molecular weight excluding hydrogens is 292 g/mol. The first-order chi connectivity index (χ1) is 10.5. The van der Waals surface area contributed by atoms with Gasteiger partial charge in [-0.25, -0.2) is 4.99 Å². The second-order valence-corrected chi connectivity index (χ2v) is 6.12. The number of nitrogens with zero attached hydrogens (tertiary/aromatic N) is 2. The van der Waals surface area contributed by atoms with Gasteiger partial charge >= 0.3 is 0 Å². The molecule has 0 N–H and O–H groups in total. The second-order valence-electron chi connectivity index (χ2n) is 5.68. The number of hydrogen-bond donors (Lipinski definition) is 0. The average Bonchev–Trinajstić information content (AvgIpc) is 2.50. The van der Waals surface area contributed by atoms with E-state index in [1.54, 1.807) is 0 Å². The summed E-state index contributed by atoms with van der Waals surface area (Å²) in [7, 11) is 2.03. The van der Waals surface area contributed by atoms with Crippen LogP contribution >= 0.6 is 11.6 Å². The SMILES string of the molecule is CCN(C)C=Nc1cc(C)c(Cc2ccc(Cl)cc2)c(C)c1. The molecule has 2 aromatic carbocycles. The maximum absolute atomic E-state index is 5.95. The molecule has 2 rings (SSSR count). The summed E-state index contributed by atoms with van der Waals surface area (Å²) >= 11 is 5.95. The smallest absolute Gasteiger partial charge is 0.0909 e. The monoisotopic (exact) mass is 314 g/mol. The maximum Gasteiger partial charge on any atom is 0.0909 e. The number of benzene rings is 2. The Morgan fingerprint density at radius 2 is 1.68 bits per heavy atom. The lowest BCUT2D eigenvalue weighted by molar-refractivity contribution is 0.552. The minimum absolute atomic E-state index is 0.780. The van der Waals surface area contributed by atoms with E-state index in [9.17, 15) is 0 Å². The lowest BCUT2D eigenvalue weighted by atomic mass is 9.95. The van der Waals surface area contributed by atoms with E-state index in [1.165, 1.54) is 22.3 Å². The largest absolute Gasteiger partial charge is 0.366 e. The van der Waals surface area contributed by atoms with Crippen LogP contribution in [0.15, 0.2) is 41.4 Å². The zero-order chi connectivity index (χ0) is 16.1. The molecule has 0 aromatic heterocycles. The molecule has 2 aromatic rings. The molecule has 0 saturated heterocycles. The first-order valence-corrected chi connectivity index (χ1v) is 7.96. The van der Waals surface area contributed by atoms with Gasteiger partial charge in [0.25, 0.3) is 0 Å². The summed E-state index contributed by atoms with van der Waals surface area (Å²) in [6, 6.07) is 12.4. The zero-order valence-electron chi connectivity index (χ0n) is 13.7. The first kappa shape index (κ1) is 16.6. The Morgan fingerprint density at radius 1 is 1.09 bits per heavy atom. The van der Waals surface area contributed by atoms with E-state index in [4.69, 9.17) is 11.6 Å². The van der Waals surface area contributed by atoms with Gasteiger partial charge in [0.2, 0.25) is 0 Å². The summed E-state index contributed by atoms with van der Waals surface area (Å²) in [5, 5.41) is 0.780. The minimum Gasteiger partial charge on any atom is -0.366 e. The summed E-state index contributed by atoms with van der Waals surface area (Å²) in [5.74, 6) is 0. The third kappa shape index (κ3) is 4.35. The van der Waals surface area contributed by atoms with Gasteiger partial charge in [-0.05, 0) is 73.7 Å². The van der Waals surface area contributed by atoms with Crippen LogP contribution in [0.5, 0.6) is 0 Å². The molecule has 3 heteroatoms. The molecule has 0 radical (unpaired) electrons. The van der Waals surface area contributed by atoms with E-state index in [2.05, 4.69) is 54.9 Å². The van der Waals surface area contributed by atoms with Crippen molar-refractivity contribution in [3.05, 3.63) is 63.7 Å². The highest BCUT2D eigenvalue weighted by molar-refractivity contribution is 6.30. The minimum atomic E-state index is 0.780. The van der Waals surface area contributed by atoms with Gasteiger partial charge < -0.3 is 4.90 Å². The van der Waals surface area contributed by atoms with Gasteiger partial charge in [0.15, 0.2) is 0 Å². The molecule has 0 aliphatic heterocycles. The molecule has 0 saturated carbocycles. The van der Waals surface area contributed by atoms with E-state index in [-0.39, 0.29) is 0 Å². The van der Waals surface area contributed by atoms with Gasteiger partial charge in [0.05, 0.1) is 12.0 Å². The maximum atomic E-state index is 5.95. The Morgan fingerprint density at radius 3 is 2.23 bits per heavy atom. The van der Waals surface area contributed by atoms with Crippen molar-refractivity contribution in [3.63, 3.8) is 0 Å². The van der Waals surface area contributed by atoms with Gasteiger partial charge in [0, 0.05) is 18.6 Å². The van der Waals surface area contributed by atoms with Crippen LogP contribution in [0.3, 0.4) is 0 Å². The van der Waals surface area contributed by atoms with Crippen LogP contribution in [0.25, 0.3) is 0 Å². The topological polar surface area (TPSA) is 15.6 Å². The fourth-order valence-electron chi connectivity index (χ4n) is 2.38. The molecule has 22 heavy (non-hydrogen) atoms. The Labute approximate surface area is 138 Å². The van der Waals surface area contributed by atoms with Gasteiger partial charge in [-0.15, -0.1) is 0 Å². The van der Waals surface area contributed by atoms with Gasteiger partial charge in [-0.2, -0.15) is 0 Å². The number of hydrogen-bond acceptors (Lipinski definition) is 1. The molecule has 0 spiro atoms. The molecule has 0 aliphatic carbocycles. The third-order valence-electron chi connectivity index (χ3n) is 3.88. The molecule has 0 unspecified atom stereocenters. The van der Waals surface area contributed by atoms with Gasteiger partial charge in [0.1, 0.15) is 0 Å². The Balaban J connectivity index is 2.23. The lowest BCUT2D eigenvalue weighted by Gasteiger charge is -2.12. The number of aliphatic imine (C=N–C) groups is 1. The molecule has 2 nitrogen and oxygen atoms in total. The van der Waals surface area contributed by atoms with Crippen molar-refractivity contribution in [1.29, 1.82) is 0 Å². The Bertz CT molecular complexity index is 637. The number of halogens is 1. The van der Waals surface area contributed by atoms with Crippen molar-refractivity contribution in [1.82, 2.24) is 4.90 Å². The second kappa shape index (κ2) is 7.46. The molecule has 0 aliphatic rings. The predicted octanol–water partition coefficient (Wildman–Crippen LogP) is 5.16. The Kier molecular flexibility index (Phi) is 5.62. The highest BCUT2D eigenvalue weighted by Crippen LogP contribution is 2.25. The molecule has 0 amide bonds. The van der Waals surface area contributed by atoms with Crippen molar-refractivity contribution in [2.45, 2.75) is 27.2 Å². The summed E-state index contributed by atoms with van der Waals surface area (Å²) in [6.07, 6.45) is 2.81. The van der Waals surface area contributed by atoms with Crippen LogP contribution in [0.2, 0.25) is 5.02 Å². The van der Waals surface area contributed by atoms with Crippen LogP contribution < -0.4 is 0 Å². The molecule has 0 heterocycles.